The first-order valence-corrected chi connectivity index (χ1v) is 6.62. The highest BCUT2D eigenvalue weighted by Gasteiger charge is 2.06. The Morgan fingerprint density at radius 1 is 1.42 bits per heavy atom. The van der Waals surface area contributed by atoms with Gasteiger partial charge in [0.15, 0.2) is 0 Å². The van der Waals surface area contributed by atoms with Crippen LogP contribution in [0.5, 0.6) is 0 Å². The van der Waals surface area contributed by atoms with E-state index in [0.29, 0.717) is 13.1 Å². The Labute approximate surface area is 112 Å². The smallest absolute Gasteiger partial charge is 0.124 e. The van der Waals surface area contributed by atoms with Gasteiger partial charge in [0.25, 0.3) is 0 Å². The summed E-state index contributed by atoms with van der Waals surface area (Å²) >= 11 is 0. The van der Waals surface area contributed by atoms with E-state index < -0.39 is 0 Å². The Morgan fingerprint density at radius 2 is 2.26 bits per heavy atom. The number of rotatable bonds is 6. The Balaban J connectivity index is 2.08. The highest BCUT2D eigenvalue weighted by atomic mass is 19.1. The molecule has 3 nitrogen and oxygen atoms in total. The molecule has 2 N–H and O–H groups in total. The summed E-state index contributed by atoms with van der Waals surface area (Å²) in [5.41, 5.74) is 1.63. The number of hydrogen-bond acceptors (Lipinski definition) is 3. The van der Waals surface area contributed by atoms with Crippen LogP contribution >= 0.6 is 0 Å². The summed E-state index contributed by atoms with van der Waals surface area (Å²) in [6.45, 7) is 3.05. The second-order valence-corrected chi connectivity index (χ2v) is 4.71. The maximum atomic E-state index is 13.5. The van der Waals surface area contributed by atoms with E-state index in [4.69, 9.17) is 0 Å². The normalized spacial score (nSPS) is 12.8. The highest BCUT2D eigenvalue weighted by Crippen LogP contribution is 2.18. The maximum absolute atomic E-state index is 13.5. The number of benzene rings is 1. The molecule has 4 heteroatoms. The topological polar surface area (TPSA) is 45.1 Å². The molecular weight excluding hydrogens is 243 g/mol. The Hall–Kier alpha value is -1.52. The minimum absolute atomic E-state index is 0.258. The lowest BCUT2D eigenvalue weighted by molar-refractivity contribution is 0.160. The van der Waals surface area contributed by atoms with Gasteiger partial charge in [-0.2, -0.15) is 0 Å². The molecule has 0 fully saturated rings. The molecule has 1 heterocycles. The van der Waals surface area contributed by atoms with Crippen molar-refractivity contribution in [2.45, 2.75) is 32.4 Å². The third-order valence-corrected chi connectivity index (χ3v) is 3.07. The largest absolute Gasteiger partial charge is 0.392 e. The van der Waals surface area contributed by atoms with Crippen molar-refractivity contribution in [2.24, 2.45) is 0 Å². The fourth-order valence-corrected chi connectivity index (χ4v) is 2.17. The van der Waals surface area contributed by atoms with Gasteiger partial charge < -0.3 is 10.4 Å². The van der Waals surface area contributed by atoms with Gasteiger partial charge in [-0.3, -0.25) is 4.98 Å². The van der Waals surface area contributed by atoms with Gasteiger partial charge in [0, 0.05) is 24.7 Å². The van der Waals surface area contributed by atoms with Crippen LogP contribution in [0.1, 0.15) is 25.3 Å². The summed E-state index contributed by atoms with van der Waals surface area (Å²) in [7, 11) is 0. The number of aliphatic hydroxyl groups excluding tert-OH is 1. The number of aliphatic hydroxyl groups is 1. The van der Waals surface area contributed by atoms with Crippen LogP contribution in [0.4, 0.5) is 4.39 Å². The SMILES string of the molecule is CCCC(O)CNCc1cc(F)cc2cccnc12. The molecular formula is C15H19FN2O. The summed E-state index contributed by atoms with van der Waals surface area (Å²) in [5, 5.41) is 13.6. The predicted octanol–water partition coefficient (Wildman–Crippen LogP) is 2.62. The van der Waals surface area contributed by atoms with Crippen LogP contribution in [0.15, 0.2) is 30.5 Å². The van der Waals surface area contributed by atoms with E-state index in [2.05, 4.69) is 10.3 Å². The average Bonchev–Trinajstić information content (AvgIpc) is 2.38. The maximum Gasteiger partial charge on any atom is 0.124 e. The summed E-state index contributed by atoms with van der Waals surface area (Å²) in [6.07, 6.45) is 3.08. The number of nitrogens with zero attached hydrogens (tertiary/aromatic N) is 1. The van der Waals surface area contributed by atoms with E-state index >= 15 is 0 Å². The van der Waals surface area contributed by atoms with Gasteiger partial charge >= 0.3 is 0 Å². The van der Waals surface area contributed by atoms with Gasteiger partial charge in [0.1, 0.15) is 5.82 Å². The molecule has 0 aliphatic carbocycles. The monoisotopic (exact) mass is 262 g/mol. The van der Waals surface area contributed by atoms with Gasteiger partial charge in [-0.15, -0.1) is 0 Å². The summed E-state index contributed by atoms with van der Waals surface area (Å²) < 4.78 is 13.5. The second-order valence-electron chi connectivity index (χ2n) is 4.71. The third-order valence-electron chi connectivity index (χ3n) is 3.07. The van der Waals surface area contributed by atoms with Crippen LogP contribution in [-0.4, -0.2) is 22.7 Å². The molecule has 0 spiro atoms. The zero-order chi connectivity index (χ0) is 13.7. The Kier molecular flexibility index (Phi) is 4.82. The Bertz CT molecular complexity index is 545. The molecule has 0 saturated carbocycles. The summed E-state index contributed by atoms with van der Waals surface area (Å²) in [5.74, 6) is -0.258. The van der Waals surface area contributed by atoms with Crippen LogP contribution < -0.4 is 5.32 Å². The molecule has 2 rings (SSSR count). The number of aromatic nitrogens is 1. The number of hydrogen-bond donors (Lipinski definition) is 2. The fraction of sp³-hybridized carbons (Fsp3) is 0.400. The lowest BCUT2D eigenvalue weighted by Gasteiger charge is -2.11. The van der Waals surface area contributed by atoms with Crippen LogP contribution in [0.3, 0.4) is 0 Å². The predicted molar refractivity (Wildman–Crippen MR) is 74.3 cm³/mol. The number of nitrogens with one attached hydrogen (secondary N) is 1. The van der Waals surface area contributed by atoms with Crippen molar-refractivity contribution >= 4 is 10.9 Å². The molecule has 1 unspecified atom stereocenters. The Morgan fingerprint density at radius 3 is 3.05 bits per heavy atom. The van der Waals surface area contributed by atoms with Crippen LogP contribution in [0.2, 0.25) is 0 Å². The highest BCUT2D eigenvalue weighted by molar-refractivity contribution is 5.81. The van der Waals surface area contributed by atoms with Crippen molar-refractivity contribution in [1.29, 1.82) is 0 Å². The van der Waals surface area contributed by atoms with Crippen molar-refractivity contribution < 1.29 is 9.50 Å². The van der Waals surface area contributed by atoms with E-state index in [9.17, 15) is 9.50 Å². The van der Waals surface area contributed by atoms with E-state index in [0.717, 1.165) is 29.3 Å². The van der Waals surface area contributed by atoms with Crippen molar-refractivity contribution in [3.63, 3.8) is 0 Å². The molecule has 0 bridgehead atoms. The number of fused-ring (bicyclic) bond motifs is 1. The summed E-state index contributed by atoms with van der Waals surface area (Å²) in [4.78, 5) is 4.29. The van der Waals surface area contributed by atoms with Crippen LogP contribution in [0, 0.1) is 5.82 Å². The van der Waals surface area contributed by atoms with Gasteiger partial charge in [0.05, 0.1) is 11.6 Å². The number of pyridine rings is 1. The standard InChI is InChI=1S/C15H19FN2O/c1-2-4-14(19)10-17-9-12-8-13(16)7-11-5-3-6-18-15(11)12/h3,5-8,14,17,19H,2,4,9-10H2,1H3. The first kappa shape index (κ1) is 13.9. The van der Waals surface area contributed by atoms with E-state index in [1.807, 2.05) is 13.0 Å². The van der Waals surface area contributed by atoms with Gasteiger partial charge in [0.2, 0.25) is 0 Å². The summed E-state index contributed by atoms with van der Waals surface area (Å²) in [6, 6.07) is 6.62. The zero-order valence-corrected chi connectivity index (χ0v) is 11.1. The van der Waals surface area contributed by atoms with Crippen molar-refractivity contribution in [3.05, 3.63) is 41.8 Å². The molecule has 102 valence electrons. The molecule has 1 aromatic carbocycles. The molecule has 0 aliphatic rings. The van der Waals surface area contributed by atoms with Gasteiger partial charge in [-0.05, 0) is 30.2 Å². The third kappa shape index (κ3) is 3.72. The average molecular weight is 262 g/mol. The van der Waals surface area contributed by atoms with Crippen molar-refractivity contribution in [3.8, 4) is 0 Å². The molecule has 0 radical (unpaired) electrons. The second kappa shape index (κ2) is 6.59. The van der Waals surface area contributed by atoms with Crippen LogP contribution in [0.25, 0.3) is 10.9 Å². The van der Waals surface area contributed by atoms with Gasteiger partial charge in [-0.1, -0.05) is 19.4 Å². The quantitative estimate of drug-likeness (QED) is 0.841. The minimum atomic E-state index is -0.349. The van der Waals surface area contributed by atoms with E-state index in [1.54, 1.807) is 12.3 Å². The lowest BCUT2D eigenvalue weighted by atomic mass is 10.1. The molecule has 19 heavy (non-hydrogen) atoms. The number of halogens is 1. The molecule has 1 atom stereocenters. The first-order valence-electron chi connectivity index (χ1n) is 6.62. The van der Waals surface area contributed by atoms with Crippen molar-refractivity contribution in [2.75, 3.05) is 6.54 Å². The molecule has 0 amide bonds. The van der Waals surface area contributed by atoms with E-state index in [-0.39, 0.29) is 11.9 Å². The molecule has 0 aliphatic heterocycles. The van der Waals surface area contributed by atoms with Crippen LogP contribution in [-0.2, 0) is 6.54 Å². The van der Waals surface area contributed by atoms with Gasteiger partial charge in [-0.25, -0.2) is 4.39 Å². The first-order chi connectivity index (χ1) is 9.20. The van der Waals surface area contributed by atoms with E-state index in [1.165, 1.54) is 12.1 Å². The molecule has 2 aromatic rings. The van der Waals surface area contributed by atoms with Crippen molar-refractivity contribution in [1.82, 2.24) is 10.3 Å². The lowest BCUT2D eigenvalue weighted by Crippen LogP contribution is -2.26. The molecule has 0 saturated heterocycles. The zero-order valence-electron chi connectivity index (χ0n) is 11.1. The molecule has 1 aromatic heterocycles. The fourth-order valence-electron chi connectivity index (χ4n) is 2.17. The minimum Gasteiger partial charge on any atom is -0.392 e.